The fraction of sp³-hybridized carbons (Fsp3) is 0.267. The highest BCUT2D eigenvalue weighted by molar-refractivity contribution is 7.98. The molecular weight excluding hydrogens is 304 g/mol. The van der Waals surface area contributed by atoms with E-state index in [1.165, 1.54) is 0 Å². The molecule has 6 heteroatoms. The lowest BCUT2D eigenvalue weighted by Gasteiger charge is -2.20. The van der Waals surface area contributed by atoms with Crippen LogP contribution in [0.2, 0.25) is 5.02 Å². The number of nitriles is 1. The largest absolute Gasteiger partial charge is 0.362 e. The third-order valence-electron chi connectivity index (χ3n) is 2.89. The molecule has 1 N–H and O–H groups in total. The molecule has 0 spiro atoms. The number of rotatable bonds is 5. The summed E-state index contributed by atoms with van der Waals surface area (Å²) in [7, 11) is 0. The SMILES string of the molecule is CSCC(Nc1cc(C#N)nc(C)n1)c1ccccc1Cl. The van der Waals surface area contributed by atoms with Gasteiger partial charge in [0.1, 0.15) is 23.4 Å². The lowest BCUT2D eigenvalue weighted by Crippen LogP contribution is -2.15. The van der Waals surface area contributed by atoms with Crippen LogP contribution in [0.3, 0.4) is 0 Å². The van der Waals surface area contributed by atoms with Crippen molar-refractivity contribution in [3.8, 4) is 6.07 Å². The van der Waals surface area contributed by atoms with Gasteiger partial charge in [0.15, 0.2) is 0 Å². The van der Waals surface area contributed by atoms with Crippen LogP contribution in [0.5, 0.6) is 0 Å². The quantitative estimate of drug-likeness (QED) is 0.908. The van der Waals surface area contributed by atoms with Crippen LogP contribution < -0.4 is 5.32 Å². The molecule has 1 aromatic carbocycles. The van der Waals surface area contributed by atoms with Crippen LogP contribution in [-0.2, 0) is 0 Å². The van der Waals surface area contributed by atoms with Gasteiger partial charge in [0.2, 0.25) is 0 Å². The van der Waals surface area contributed by atoms with E-state index in [9.17, 15) is 0 Å². The summed E-state index contributed by atoms with van der Waals surface area (Å²) in [5.74, 6) is 2.05. The Hall–Kier alpha value is -1.77. The first-order chi connectivity index (χ1) is 10.1. The summed E-state index contributed by atoms with van der Waals surface area (Å²) in [6.07, 6.45) is 2.04. The summed E-state index contributed by atoms with van der Waals surface area (Å²) in [5.41, 5.74) is 1.37. The molecule has 0 aliphatic rings. The Bertz CT molecular complexity index is 669. The van der Waals surface area contributed by atoms with Crippen molar-refractivity contribution >= 4 is 29.2 Å². The summed E-state index contributed by atoms with van der Waals surface area (Å²) in [4.78, 5) is 8.39. The average molecular weight is 319 g/mol. The van der Waals surface area contributed by atoms with Crippen LogP contribution in [0.1, 0.15) is 23.1 Å². The average Bonchev–Trinajstić information content (AvgIpc) is 2.47. The zero-order valence-corrected chi connectivity index (χ0v) is 13.4. The molecule has 4 nitrogen and oxygen atoms in total. The molecule has 1 atom stereocenters. The minimum Gasteiger partial charge on any atom is -0.362 e. The van der Waals surface area contributed by atoms with Gasteiger partial charge in [-0.05, 0) is 24.8 Å². The molecule has 0 aliphatic heterocycles. The highest BCUT2D eigenvalue weighted by atomic mass is 35.5. The molecule has 1 heterocycles. The maximum absolute atomic E-state index is 8.99. The van der Waals surface area contributed by atoms with Crippen LogP contribution in [0.25, 0.3) is 0 Å². The molecule has 0 saturated carbocycles. The number of aryl methyl sites for hydroxylation is 1. The molecule has 0 radical (unpaired) electrons. The monoisotopic (exact) mass is 318 g/mol. The second-order valence-corrected chi connectivity index (χ2v) is 5.79. The lowest BCUT2D eigenvalue weighted by molar-refractivity contribution is 0.879. The Morgan fingerprint density at radius 3 is 2.81 bits per heavy atom. The topological polar surface area (TPSA) is 61.6 Å². The molecule has 0 aliphatic carbocycles. The molecule has 0 saturated heterocycles. The van der Waals surface area contributed by atoms with Crippen molar-refractivity contribution in [3.63, 3.8) is 0 Å². The predicted octanol–water partition coefficient (Wildman–Crippen LogP) is 3.83. The van der Waals surface area contributed by atoms with E-state index in [4.69, 9.17) is 16.9 Å². The summed E-state index contributed by atoms with van der Waals surface area (Å²) in [5, 5.41) is 13.1. The molecule has 2 aromatic rings. The van der Waals surface area contributed by atoms with Crippen LogP contribution in [0, 0.1) is 18.3 Å². The lowest BCUT2D eigenvalue weighted by atomic mass is 10.1. The standard InChI is InChI=1S/C15H15ClN4S/c1-10-18-11(8-17)7-15(19-10)20-14(9-21-2)12-5-3-4-6-13(12)16/h3-7,14H,9H2,1-2H3,(H,18,19,20). The number of anilines is 1. The number of thioether (sulfide) groups is 1. The number of aromatic nitrogens is 2. The Morgan fingerprint density at radius 2 is 2.14 bits per heavy atom. The Balaban J connectivity index is 2.31. The van der Waals surface area contributed by atoms with Crippen molar-refractivity contribution in [1.29, 1.82) is 5.26 Å². The van der Waals surface area contributed by atoms with E-state index in [0.29, 0.717) is 17.3 Å². The molecule has 108 valence electrons. The van der Waals surface area contributed by atoms with Gasteiger partial charge in [0.05, 0.1) is 6.04 Å². The van der Waals surface area contributed by atoms with Crippen molar-refractivity contribution < 1.29 is 0 Å². The zero-order valence-electron chi connectivity index (χ0n) is 11.8. The van der Waals surface area contributed by atoms with E-state index in [-0.39, 0.29) is 6.04 Å². The van der Waals surface area contributed by atoms with Gasteiger partial charge in [-0.15, -0.1) is 0 Å². The molecule has 0 fully saturated rings. The first-order valence-electron chi connectivity index (χ1n) is 6.39. The van der Waals surface area contributed by atoms with Crippen molar-refractivity contribution in [1.82, 2.24) is 9.97 Å². The van der Waals surface area contributed by atoms with E-state index in [0.717, 1.165) is 16.3 Å². The fourth-order valence-electron chi connectivity index (χ4n) is 2.01. The maximum atomic E-state index is 8.99. The van der Waals surface area contributed by atoms with E-state index < -0.39 is 0 Å². The van der Waals surface area contributed by atoms with Gasteiger partial charge in [-0.1, -0.05) is 29.8 Å². The number of nitrogens with zero attached hydrogens (tertiary/aromatic N) is 3. The summed E-state index contributed by atoms with van der Waals surface area (Å²) >= 11 is 7.99. The summed E-state index contributed by atoms with van der Waals surface area (Å²) < 4.78 is 0. The van der Waals surface area contributed by atoms with Crippen molar-refractivity contribution in [2.75, 3.05) is 17.3 Å². The third kappa shape index (κ3) is 4.10. The van der Waals surface area contributed by atoms with Crippen molar-refractivity contribution in [2.24, 2.45) is 0 Å². The van der Waals surface area contributed by atoms with Crippen LogP contribution >= 0.6 is 23.4 Å². The van der Waals surface area contributed by atoms with Gasteiger partial charge in [-0.3, -0.25) is 0 Å². The number of benzene rings is 1. The minimum absolute atomic E-state index is 0.0227. The number of hydrogen-bond donors (Lipinski definition) is 1. The molecule has 0 amide bonds. The van der Waals surface area contributed by atoms with Gasteiger partial charge in [-0.25, -0.2) is 9.97 Å². The Morgan fingerprint density at radius 1 is 1.38 bits per heavy atom. The van der Waals surface area contributed by atoms with E-state index in [1.807, 2.05) is 36.6 Å². The normalized spacial score (nSPS) is 11.7. The highest BCUT2D eigenvalue weighted by Crippen LogP contribution is 2.27. The van der Waals surface area contributed by atoms with E-state index in [1.54, 1.807) is 24.8 Å². The zero-order chi connectivity index (χ0) is 15.2. The van der Waals surface area contributed by atoms with Crippen molar-refractivity contribution in [2.45, 2.75) is 13.0 Å². The number of nitrogens with one attached hydrogen (secondary N) is 1. The maximum Gasteiger partial charge on any atom is 0.146 e. The molecule has 21 heavy (non-hydrogen) atoms. The second kappa shape index (κ2) is 7.30. The van der Waals surface area contributed by atoms with Gasteiger partial charge in [0.25, 0.3) is 0 Å². The van der Waals surface area contributed by atoms with E-state index >= 15 is 0 Å². The molecule has 2 rings (SSSR count). The third-order valence-corrected chi connectivity index (χ3v) is 3.90. The highest BCUT2D eigenvalue weighted by Gasteiger charge is 2.15. The van der Waals surface area contributed by atoms with Gasteiger partial charge < -0.3 is 5.32 Å². The van der Waals surface area contributed by atoms with Crippen molar-refractivity contribution in [3.05, 3.63) is 52.4 Å². The van der Waals surface area contributed by atoms with Crippen LogP contribution in [0.15, 0.2) is 30.3 Å². The van der Waals surface area contributed by atoms with Gasteiger partial charge in [0, 0.05) is 16.8 Å². The summed E-state index contributed by atoms with van der Waals surface area (Å²) in [6, 6.07) is 11.5. The molecule has 0 bridgehead atoms. The van der Waals surface area contributed by atoms with E-state index in [2.05, 4.69) is 15.3 Å². The van der Waals surface area contributed by atoms with Gasteiger partial charge in [-0.2, -0.15) is 17.0 Å². The predicted molar refractivity (Wildman–Crippen MR) is 87.7 cm³/mol. The molecule has 1 aromatic heterocycles. The Labute approximate surface area is 133 Å². The Kier molecular flexibility index (Phi) is 5.43. The van der Waals surface area contributed by atoms with Gasteiger partial charge >= 0.3 is 0 Å². The summed E-state index contributed by atoms with van der Waals surface area (Å²) in [6.45, 7) is 1.77. The first kappa shape index (κ1) is 15.6. The first-order valence-corrected chi connectivity index (χ1v) is 8.17. The number of halogens is 1. The smallest absolute Gasteiger partial charge is 0.146 e. The van der Waals surface area contributed by atoms with Crippen LogP contribution in [0.4, 0.5) is 5.82 Å². The number of hydrogen-bond acceptors (Lipinski definition) is 5. The molecular formula is C15H15ClN4S. The van der Waals surface area contributed by atoms with Crippen LogP contribution in [-0.4, -0.2) is 22.0 Å². The molecule has 1 unspecified atom stereocenters. The fourth-order valence-corrected chi connectivity index (χ4v) is 2.87. The second-order valence-electron chi connectivity index (χ2n) is 4.47. The minimum atomic E-state index is 0.0227.